The van der Waals surface area contributed by atoms with Gasteiger partial charge in [-0.1, -0.05) is 42.5 Å². The molecule has 0 spiro atoms. The Bertz CT molecular complexity index is 555. The molecule has 5 nitrogen and oxygen atoms in total. The molecule has 0 radical (unpaired) electrons. The van der Waals surface area contributed by atoms with E-state index in [1.54, 1.807) is 6.92 Å². The topological polar surface area (TPSA) is 74.7 Å². The summed E-state index contributed by atoms with van der Waals surface area (Å²) < 4.78 is 0. The molecule has 1 unspecified atom stereocenters. The number of carbonyl (C=O) groups excluding carboxylic acids is 2. The van der Waals surface area contributed by atoms with Gasteiger partial charge in [0.05, 0.1) is 0 Å². The first-order valence-electron chi connectivity index (χ1n) is 7.90. The van der Waals surface area contributed by atoms with Crippen molar-refractivity contribution >= 4 is 28.8 Å². The van der Waals surface area contributed by atoms with Gasteiger partial charge in [0.25, 0.3) is 0 Å². The summed E-state index contributed by atoms with van der Waals surface area (Å²) >= 11 is 1.11. The number of allylic oxidation sites excluding steroid dienone is 3. The third kappa shape index (κ3) is 4.47. The second-order valence-electron chi connectivity index (χ2n) is 6.17. The lowest BCUT2D eigenvalue weighted by atomic mass is 9.90. The van der Waals surface area contributed by atoms with Crippen LogP contribution in [0.4, 0.5) is 0 Å². The van der Waals surface area contributed by atoms with E-state index in [0.717, 1.165) is 24.6 Å². The zero-order valence-corrected chi connectivity index (χ0v) is 14.3. The van der Waals surface area contributed by atoms with Crippen LogP contribution in [0.5, 0.6) is 0 Å². The zero-order valence-electron chi connectivity index (χ0n) is 13.5. The summed E-state index contributed by atoms with van der Waals surface area (Å²) in [5.41, 5.74) is 1.24. The summed E-state index contributed by atoms with van der Waals surface area (Å²) in [5.74, 6) is -0.949. The number of likely N-dealkylation sites (tertiary alicyclic amines) is 1. The first-order chi connectivity index (χ1) is 10.9. The summed E-state index contributed by atoms with van der Waals surface area (Å²) in [6.45, 7) is 3.69. The van der Waals surface area contributed by atoms with Crippen LogP contribution < -0.4 is 0 Å². The van der Waals surface area contributed by atoms with E-state index in [4.69, 9.17) is 0 Å². The van der Waals surface area contributed by atoms with Gasteiger partial charge in [-0.05, 0) is 19.3 Å². The molecular formula is C17H23NO4S. The van der Waals surface area contributed by atoms with Gasteiger partial charge in [-0.25, -0.2) is 4.79 Å². The Labute approximate surface area is 140 Å². The van der Waals surface area contributed by atoms with Gasteiger partial charge >= 0.3 is 5.97 Å². The first kappa shape index (κ1) is 17.8. The third-order valence-electron chi connectivity index (χ3n) is 4.39. The van der Waals surface area contributed by atoms with Gasteiger partial charge in [0.2, 0.25) is 5.91 Å². The molecule has 0 saturated carbocycles. The third-order valence-corrected chi connectivity index (χ3v) is 5.46. The highest BCUT2D eigenvalue weighted by Crippen LogP contribution is 2.33. The minimum absolute atomic E-state index is 0.0297. The van der Waals surface area contributed by atoms with Crippen molar-refractivity contribution in [2.45, 2.75) is 39.2 Å². The fourth-order valence-corrected chi connectivity index (χ4v) is 3.76. The predicted octanol–water partition coefficient (Wildman–Crippen LogP) is 2.48. The van der Waals surface area contributed by atoms with Crippen molar-refractivity contribution in [1.82, 2.24) is 4.90 Å². The SMILES string of the molecule is CC(=O)SCC(C)C(=O)N1C[C@@H](C2=CCC=CC2)C[C@H]1C(=O)O. The van der Waals surface area contributed by atoms with E-state index in [9.17, 15) is 19.5 Å². The molecule has 0 aromatic carbocycles. The van der Waals surface area contributed by atoms with Crippen LogP contribution in [-0.2, 0) is 14.4 Å². The van der Waals surface area contributed by atoms with E-state index in [1.165, 1.54) is 17.4 Å². The Morgan fingerprint density at radius 2 is 2.13 bits per heavy atom. The van der Waals surface area contributed by atoms with E-state index in [0.29, 0.717) is 18.7 Å². The average molecular weight is 337 g/mol. The maximum atomic E-state index is 12.6. The molecule has 1 saturated heterocycles. The van der Waals surface area contributed by atoms with Crippen LogP contribution in [0.3, 0.4) is 0 Å². The molecule has 3 atom stereocenters. The smallest absolute Gasteiger partial charge is 0.326 e. The summed E-state index contributed by atoms with van der Waals surface area (Å²) in [6.07, 6.45) is 8.54. The summed E-state index contributed by atoms with van der Waals surface area (Å²) in [7, 11) is 0. The molecule has 2 aliphatic rings. The van der Waals surface area contributed by atoms with Gasteiger partial charge in [0.1, 0.15) is 6.04 Å². The second-order valence-corrected chi connectivity index (χ2v) is 7.37. The number of hydrogen-bond acceptors (Lipinski definition) is 4. The molecule has 2 rings (SSSR count). The quantitative estimate of drug-likeness (QED) is 0.780. The van der Waals surface area contributed by atoms with E-state index in [-0.39, 0.29) is 22.9 Å². The standard InChI is InChI=1S/C17H23NO4S/c1-11(10-23-12(2)19)16(20)18-9-14(8-15(18)17(21)22)13-6-4-3-5-7-13/h3-4,7,11,14-15H,5-6,8-10H2,1-2H3,(H,21,22)/t11?,14-,15-/m0/s1. The van der Waals surface area contributed by atoms with Crippen molar-refractivity contribution < 1.29 is 19.5 Å². The molecule has 1 amide bonds. The maximum absolute atomic E-state index is 12.6. The number of aliphatic carboxylic acids is 1. The average Bonchev–Trinajstić information content (AvgIpc) is 2.98. The van der Waals surface area contributed by atoms with Gasteiger partial charge in [0.15, 0.2) is 5.12 Å². The van der Waals surface area contributed by atoms with Gasteiger partial charge in [0, 0.05) is 31.1 Å². The Kier molecular flexibility index (Phi) is 6.04. The van der Waals surface area contributed by atoms with Crippen molar-refractivity contribution in [3.05, 3.63) is 23.8 Å². The van der Waals surface area contributed by atoms with Gasteiger partial charge in [-0.15, -0.1) is 0 Å². The van der Waals surface area contributed by atoms with Crippen molar-refractivity contribution in [2.24, 2.45) is 11.8 Å². The molecule has 0 aromatic heterocycles. The van der Waals surface area contributed by atoms with Crippen molar-refractivity contribution in [3.8, 4) is 0 Å². The fraction of sp³-hybridized carbons (Fsp3) is 0.588. The minimum Gasteiger partial charge on any atom is -0.480 e. The van der Waals surface area contributed by atoms with Crippen LogP contribution in [0.2, 0.25) is 0 Å². The van der Waals surface area contributed by atoms with Crippen molar-refractivity contribution in [1.29, 1.82) is 0 Å². The minimum atomic E-state index is -0.945. The monoisotopic (exact) mass is 337 g/mol. The Balaban J connectivity index is 2.06. The number of rotatable bonds is 5. The first-order valence-corrected chi connectivity index (χ1v) is 8.89. The second kappa shape index (κ2) is 7.81. The van der Waals surface area contributed by atoms with Gasteiger partial charge in [-0.3, -0.25) is 9.59 Å². The molecule has 23 heavy (non-hydrogen) atoms. The molecule has 1 aliphatic heterocycles. The number of thioether (sulfide) groups is 1. The van der Waals surface area contributed by atoms with Crippen LogP contribution in [-0.4, -0.2) is 45.3 Å². The fourth-order valence-electron chi connectivity index (χ4n) is 3.13. The number of carbonyl (C=O) groups is 3. The lowest BCUT2D eigenvalue weighted by Gasteiger charge is -2.25. The van der Waals surface area contributed by atoms with E-state index >= 15 is 0 Å². The molecule has 0 aromatic rings. The van der Waals surface area contributed by atoms with Crippen LogP contribution >= 0.6 is 11.8 Å². The molecule has 1 heterocycles. The molecule has 126 valence electrons. The Morgan fingerprint density at radius 1 is 1.39 bits per heavy atom. The molecule has 0 bridgehead atoms. The molecule has 6 heteroatoms. The molecule has 1 fully saturated rings. The lowest BCUT2D eigenvalue weighted by Crippen LogP contribution is -2.43. The molecular weight excluding hydrogens is 314 g/mol. The van der Waals surface area contributed by atoms with E-state index in [1.807, 2.05) is 0 Å². The maximum Gasteiger partial charge on any atom is 0.326 e. The highest BCUT2D eigenvalue weighted by Gasteiger charge is 2.41. The van der Waals surface area contributed by atoms with Crippen LogP contribution in [0.15, 0.2) is 23.8 Å². The number of nitrogens with zero attached hydrogens (tertiary/aromatic N) is 1. The normalized spacial score (nSPS) is 25.1. The summed E-state index contributed by atoms with van der Waals surface area (Å²) in [4.78, 5) is 36.7. The van der Waals surface area contributed by atoms with Crippen LogP contribution in [0.25, 0.3) is 0 Å². The van der Waals surface area contributed by atoms with Gasteiger partial charge in [-0.2, -0.15) is 0 Å². The van der Waals surface area contributed by atoms with Crippen molar-refractivity contribution in [2.75, 3.05) is 12.3 Å². The summed E-state index contributed by atoms with van der Waals surface area (Å²) in [5, 5.41) is 9.43. The van der Waals surface area contributed by atoms with Crippen LogP contribution in [0.1, 0.15) is 33.1 Å². The summed E-state index contributed by atoms with van der Waals surface area (Å²) in [6, 6.07) is -0.760. The number of carboxylic acid groups (broad SMARTS) is 1. The molecule has 1 N–H and O–H groups in total. The van der Waals surface area contributed by atoms with E-state index in [2.05, 4.69) is 18.2 Å². The highest BCUT2D eigenvalue weighted by molar-refractivity contribution is 8.13. The highest BCUT2D eigenvalue weighted by atomic mass is 32.2. The van der Waals surface area contributed by atoms with Crippen molar-refractivity contribution in [3.63, 3.8) is 0 Å². The Morgan fingerprint density at radius 3 is 2.70 bits per heavy atom. The predicted molar refractivity (Wildman–Crippen MR) is 90.0 cm³/mol. The number of carboxylic acids is 1. The Hall–Kier alpha value is -1.56. The number of amides is 1. The zero-order chi connectivity index (χ0) is 17.0. The molecule has 1 aliphatic carbocycles. The van der Waals surface area contributed by atoms with Crippen LogP contribution in [0, 0.1) is 11.8 Å². The number of hydrogen-bond donors (Lipinski definition) is 1. The van der Waals surface area contributed by atoms with Gasteiger partial charge < -0.3 is 10.0 Å². The van der Waals surface area contributed by atoms with E-state index < -0.39 is 12.0 Å². The largest absolute Gasteiger partial charge is 0.480 e. The lowest BCUT2D eigenvalue weighted by molar-refractivity contribution is -0.149.